The molecule has 1 atom stereocenters. The predicted molar refractivity (Wildman–Crippen MR) is 72.9 cm³/mol. The molecule has 100 valence electrons. The lowest BCUT2D eigenvalue weighted by molar-refractivity contribution is -0.158. The van der Waals surface area contributed by atoms with Gasteiger partial charge in [0.25, 0.3) is 0 Å². The molecular formula is C12H15BrO4S. The molecule has 0 fully saturated rings. The molecule has 0 unspecified atom stereocenters. The maximum absolute atomic E-state index is 11.7. The summed E-state index contributed by atoms with van der Waals surface area (Å²) < 4.78 is 5.95. The van der Waals surface area contributed by atoms with Gasteiger partial charge >= 0.3 is 11.9 Å². The maximum atomic E-state index is 11.7. The van der Waals surface area contributed by atoms with E-state index in [4.69, 9.17) is 9.84 Å². The smallest absolute Gasteiger partial charge is 0.312 e. The minimum Gasteiger partial charge on any atom is -0.481 e. The van der Waals surface area contributed by atoms with Crippen LogP contribution in [0.5, 0.6) is 0 Å². The average Bonchev–Trinajstić information content (AvgIpc) is 2.57. The molecule has 0 aliphatic rings. The van der Waals surface area contributed by atoms with Gasteiger partial charge in [0.15, 0.2) is 0 Å². The molecule has 0 aliphatic heterocycles. The fourth-order valence-electron chi connectivity index (χ4n) is 1.37. The van der Waals surface area contributed by atoms with Crippen molar-refractivity contribution in [2.45, 2.75) is 38.7 Å². The van der Waals surface area contributed by atoms with Crippen molar-refractivity contribution in [3.05, 3.63) is 20.8 Å². The molecule has 0 bridgehead atoms. The number of hydrogen-bond acceptors (Lipinski definition) is 4. The normalized spacial score (nSPS) is 13.1. The molecule has 0 radical (unpaired) electrons. The van der Waals surface area contributed by atoms with Crippen LogP contribution in [0.25, 0.3) is 0 Å². The van der Waals surface area contributed by atoms with Crippen LogP contribution in [0.4, 0.5) is 0 Å². The van der Waals surface area contributed by atoms with E-state index in [9.17, 15) is 9.59 Å². The van der Waals surface area contributed by atoms with Gasteiger partial charge in [0, 0.05) is 14.7 Å². The number of ether oxygens (including phenoxy) is 1. The molecule has 0 saturated heterocycles. The summed E-state index contributed by atoms with van der Waals surface area (Å²) >= 11 is 4.58. The van der Waals surface area contributed by atoms with Crippen molar-refractivity contribution >= 4 is 39.2 Å². The van der Waals surface area contributed by atoms with E-state index < -0.39 is 23.5 Å². The Bertz CT molecular complexity index is 447. The van der Waals surface area contributed by atoms with Crippen molar-refractivity contribution in [2.24, 2.45) is 0 Å². The Kier molecular flexibility index (Phi) is 4.92. The molecule has 18 heavy (non-hydrogen) atoms. The van der Waals surface area contributed by atoms with E-state index in [1.54, 1.807) is 32.2 Å². The summed E-state index contributed by atoms with van der Waals surface area (Å²) in [7, 11) is 0. The Morgan fingerprint density at radius 1 is 1.50 bits per heavy atom. The maximum Gasteiger partial charge on any atom is 0.312 e. The van der Waals surface area contributed by atoms with E-state index in [0.717, 1.165) is 4.47 Å². The summed E-state index contributed by atoms with van der Waals surface area (Å²) in [6.45, 7) is 5.26. The average molecular weight is 335 g/mol. The lowest BCUT2D eigenvalue weighted by Gasteiger charge is -2.20. The summed E-state index contributed by atoms with van der Waals surface area (Å²) in [6.07, 6.45) is -0.153. The Morgan fingerprint density at radius 2 is 2.11 bits per heavy atom. The van der Waals surface area contributed by atoms with Crippen molar-refractivity contribution in [1.29, 1.82) is 0 Å². The molecule has 1 rings (SSSR count). The number of carbonyl (C=O) groups excluding carboxylic acids is 1. The molecule has 1 heterocycles. The number of hydrogen-bond donors (Lipinski definition) is 1. The fourth-order valence-corrected chi connectivity index (χ4v) is 2.91. The molecule has 1 aromatic rings. The van der Waals surface area contributed by atoms with Gasteiger partial charge in [0.2, 0.25) is 0 Å². The molecular weight excluding hydrogens is 320 g/mol. The summed E-state index contributed by atoms with van der Waals surface area (Å²) in [5.41, 5.74) is -0.601. The number of aliphatic carboxylic acids is 1. The second kappa shape index (κ2) is 5.84. The monoisotopic (exact) mass is 334 g/mol. The van der Waals surface area contributed by atoms with Crippen molar-refractivity contribution in [3.63, 3.8) is 0 Å². The van der Waals surface area contributed by atoms with Crippen LogP contribution in [-0.4, -0.2) is 22.6 Å². The third-order valence-corrected chi connectivity index (χ3v) is 3.83. The van der Waals surface area contributed by atoms with Crippen LogP contribution in [0.1, 0.15) is 38.0 Å². The van der Waals surface area contributed by atoms with Gasteiger partial charge in [-0.3, -0.25) is 9.59 Å². The quantitative estimate of drug-likeness (QED) is 0.857. The first kappa shape index (κ1) is 15.2. The van der Waals surface area contributed by atoms with Crippen molar-refractivity contribution in [3.8, 4) is 0 Å². The molecule has 4 nitrogen and oxygen atoms in total. The van der Waals surface area contributed by atoms with Crippen molar-refractivity contribution < 1.29 is 19.4 Å². The third-order valence-electron chi connectivity index (χ3n) is 2.02. The van der Waals surface area contributed by atoms with Gasteiger partial charge in [0.1, 0.15) is 11.5 Å². The SMILES string of the molecule is CC(C)(C)OC(=O)C[C@H](C(=O)O)c1cc(Br)cs1. The van der Waals surface area contributed by atoms with Crippen LogP contribution in [-0.2, 0) is 14.3 Å². The van der Waals surface area contributed by atoms with E-state index in [1.165, 1.54) is 11.3 Å². The number of halogens is 1. The summed E-state index contributed by atoms with van der Waals surface area (Å²) in [6, 6.07) is 1.72. The van der Waals surface area contributed by atoms with Crippen LogP contribution < -0.4 is 0 Å². The molecule has 1 N–H and O–H groups in total. The summed E-state index contributed by atoms with van der Waals surface area (Å²) in [5.74, 6) is -2.37. The van der Waals surface area contributed by atoms with Gasteiger partial charge in [-0.15, -0.1) is 11.3 Å². The second-order valence-corrected chi connectivity index (χ2v) is 6.71. The highest BCUT2D eigenvalue weighted by molar-refractivity contribution is 9.10. The van der Waals surface area contributed by atoms with Crippen LogP contribution in [0.15, 0.2) is 15.9 Å². The van der Waals surface area contributed by atoms with Crippen LogP contribution in [0, 0.1) is 0 Å². The first-order valence-corrected chi connectivity index (χ1v) is 7.05. The van der Waals surface area contributed by atoms with E-state index in [2.05, 4.69) is 15.9 Å². The third kappa shape index (κ3) is 4.78. The number of rotatable bonds is 4. The standard InChI is InChI=1S/C12H15BrO4S/c1-12(2,3)17-10(14)5-8(11(15)16)9-4-7(13)6-18-9/h4,6,8H,5H2,1-3H3,(H,15,16)/t8-/m0/s1. The zero-order valence-electron chi connectivity index (χ0n) is 10.4. The zero-order valence-corrected chi connectivity index (χ0v) is 12.8. The van der Waals surface area contributed by atoms with Crippen molar-refractivity contribution in [1.82, 2.24) is 0 Å². The van der Waals surface area contributed by atoms with Gasteiger partial charge < -0.3 is 9.84 Å². The van der Waals surface area contributed by atoms with E-state index in [1.807, 2.05) is 0 Å². The van der Waals surface area contributed by atoms with Gasteiger partial charge in [-0.1, -0.05) is 0 Å². The molecule has 0 saturated carbocycles. The van der Waals surface area contributed by atoms with E-state index in [0.29, 0.717) is 4.88 Å². The number of thiophene rings is 1. The minimum atomic E-state index is -1.02. The number of esters is 1. The van der Waals surface area contributed by atoms with Crippen LogP contribution in [0.2, 0.25) is 0 Å². The number of carbonyl (C=O) groups is 2. The number of carboxylic acid groups (broad SMARTS) is 1. The van der Waals surface area contributed by atoms with E-state index in [-0.39, 0.29) is 6.42 Å². The highest BCUT2D eigenvalue weighted by Gasteiger charge is 2.27. The topological polar surface area (TPSA) is 63.6 Å². The lowest BCUT2D eigenvalue weighted by atomic mass is 10.0. The molecule has 6 heteroatoms. The first-order valence-electron chi connectivity index (χ1n) is 5.37. The van der Waals surface area contributed by atoms with Crippen LogP contribution in [0.3, 0.4) is 0 Å². The first-order chi connectivity index (χ1) is 8.19. The van der Waals surface area contributed by atoms with Gasteiger partial charge in [-0.05, 0) is 42.8 Å². The molecule has 0 aromatic carbocycles. The Labute approximate surface area is 118 Å². The predicted octanol–water partition coefficient (Wildman–Crippen LogP) is 3.41. The summed E-state index contributed by atoms with van der Waals surface area (Å²) in [4.78, 5) is 23.5. The van der Waals surface area contributed by atoms with Gasteiger partial charge in [0.05, 0.1) is 6.42 Å². The van der Waals surface area contributed by atoms with Gasteiger partial charge in [-0.2, -0.15) is 0 Å². The Hall–Kier alpha value is -0.880. The fraction of sp³-hybridized carbons (Fsp3) is 0.500. The Balaban J connectivity index is 2.76. The summed E-state index contributed by atoms with van der Waals surface area (Å²) in [5, 5.41) is 11.0. The Morgan fingerprint density at radius 3 is 2.50 bits per heavy atom. The molecule has 0 spiro atoms. The van der Waals surface area contributed by atoms with E-state index >= 15 is 0 Å². The molecule has 0 aliphatic carbocycles. The zero-order chi connectivity index (χ0) is 13.9. The molecule has 1 aromatic heterocycles. The van der Waals surface area contributed by atoms with Crippen molar-refractivity contribution in [2.75, 3.05) is 0 Å². The minimum absolute atomic E-state index is 0.153. The largest absolute Gasteiger partial charge is 0.481 e. The second-order valence-electron chi connectivity index (χ2n) is 4.85. The molecule has 0 amide bonds. The lowest BCUT2D eigenvalue weighted by Crippen LogP contribution is -2.26. The number of carboxylic acids is 1. The highest BCUT2D eigenvalue weighted by Crippen LogP contribution is 2.30. The highest BCUT2D eigenvalue weighted by atomic mass is 79.9. The van der Waals surface area contributed by atoms with Crippen LogP contribution >= 0.6 is 27.3 Å². The van der Waals surface area contributed by atoms with Gasteiger partial charge in [-0.25, -0.2) is 0 Å².